The van der Waals surface area contributed by atoms with E-state index in [1.165, 1.54) is 32.5 Å². The van der Waals surface area contributed by atoms with Gasteiger partial charge in [-0.15, -0.1) is 0 Å². The Labute approximate surface area is 69.0 Å². The number of fused-ring (bicyclic) bond motifs is 3. The van der Waals surface area contributed by atoms with Crippen LogP contribution in [0.3, 0.4) is 0 Å². The van der Waals surface area contributed by atoms with Crippen LogP contribution in [0, 0.1) is 5.92 Å². The van der Waals surface area contributed by atoms with Crippen LogP contribution in [-0.2, 0) is 0 Å². The van der Waals surface area contributed by atoms with E-state index in [0.29, 0.717) is 0 Å². The third kappa shape index (κ3) is 1.42. The minimum atomic E-state index is 0.808. The van der Waals surface area contributed by atoms with Gasteiger partial charge < -0.3 is 10.2 Å². The zero-order valence-electron chi connectivity index (χ0n) is 7.34. The van der Waals surface area contributed by atoms with E-state index in [0.717, 1.165) is 18.5 Å². The summed E-state index contributed by atoms with van der Waals surface area (Å²) in [6.07, 6.45) is 2.86. The van der Waals surface area contributed by atoms with Crippen molar-refractivity contribution in [1.82, 2.24) is 10.2 Å². The van der Waals surface area contributed by atoms with Crippen molar-refractivity contribution in [2.45, 2.75) is 25.8 Å². The first-order valence-corrected chi connectivity index (χ1v) is 4.86. The fourth-order valence-corrected chi connectivity index (χ4v) is 2.46. The Bertz CT molecular complexity index is 128. The van der Waals surface area contributed by atoms with Crippen molar-refractivity contribution >= 4 is 0 Å². The first-order chi connectivity index (χ1) is 5.40. The van der Waals surface area contributed by atoms with Crippen LogP contribution in [0.5, 0.6) is 0 Å². The van der Waals surface area contributed by atoms with Crippen LogP contribution in [0.2, 0.25) is 0 Å². The van der Waals surface area contributed by atoms with E-state index in [1.54, 1.807) is 0 Å². The molecule has 0 unspecified atom stereocenters. The Morgan fingerprint density at radius 3 is 2.55 bits per heavy atom. The summed E-state index contributed by atoms with van der Waals surface area (Å²) in [6.45, 7) is 7.35. The maximum atomic E-state index is 3.57. The highest BCUT2D eigenvalue weighted by molar-refractivity contribution is 4.90. The molecule has 3 aliphatic heterocycles. The number of hydrogen-bond acceptors (Lipinski definition) is 2. The molecule has 0 spiro atoms. The lowest BCUT2D eigenvalue weighted by molar-refractivity contribution is 0.0737. The Hall–Kier alpha value is -0.0800. The van der Waals surface area contributed by atoms with Crippen LogP contribution in [0.4, 0.5) is 0 Å². The number of piperidine rings is 3. The van der Waals surface area contributed by atoms with E-state index in [-0.39, 0.29) is 0 Å². The molecule has 0 aliphatic carbocycles. The predicted octanol–water partition coefficient (Wildman–Crippen LogP) is 0.690. The van der Waals surface area contributed by atoms with Crippen molar-refractivity contribution < 1.29 is 0 Å². The molecule has 3 saturated heterocycles. The molecule has 1 N–H and O–H groups in total. The van der Waals surface area contributed by atoms with Gasteiger partial charge >= 0.3 is 0 Å². The maximum absolute atomic E-state index is 3.57. The van der Waals surface area contributed by atoms with Gasteiger partial charge in [0.2, 0.25) is 0 Å². The average Bonchev–Trinajstić information content (AvgIpc) is 2.07. The number of nitrogens with one attached hydrogen (secondary N) is 1. The van der Waals surface area contributed by atoms with Crippen molar-refractivity contribution in [3.05, 3.63) is 0 Å². The van der Waals surface area contributed by atoms with Crippen LogP contribution in [-0.4, -0.2) is 37.1 Å². The van der Waals surface area contributed by atoms with Gasteiger partial charge in [0, 0.05) is 12.6 Å². The molecule has 0 aromatic rings. The maximum Gasteiger partial charge on any atom is 0.0224 e. The van der Waals surface area contributed by atoms with Gasteiger partial charge in [-0.05, 0) is 38.4 Å². The number of hydrogen-bond donors (Lipinski definition) is 1. The van der Waals surface area contributed by atoms with Crippen LogP contribution in [0.15, 0.2) is 0 Å². The highest BCUT2D eigenvalue weighted by Crippen LogP contribution is 2.27. The molecule has 2 bridgehead atoms. The molecule has 1 atom stereocenters. The second-order valence-corrected chi connectivity index (χ2v) is 3.80. The van der Waals surface area contributed by atoms with E-state index < -0.39 is 0 Å². The molecule has 3 aliphatic rings. The Kier molecular flexibility index (Phi) is 2.14. The van der Waals surface area contributed by atoms with Gasteiger partial charge in [-0.3, -0.25) is 0 Å². The highest BCUT2D eigenvalue weighted by Gasteiger charge is 2.32. The summed E-state index contributed by atoms with van der Waals surface area (Å²) >= 11 is 0. The van der Waals surface area contributed by atoms with E-state index >= 15 is 0 Å². The molecular formula is C9H18N2. The van der Waals surface area contributed by atoms with Gasteiger partial charge in [0.25, 0.3) is 0 Å². The number of nitrogens with zero attached hydrogens (tertiary/aromatic N) is 1. The van der Waals surface area contributed by atoms with E-state index in [4.69, 9.17) is 0 Å². The van der Waals surface area contributed by atoms with Gasteiger partial charge in [-0.2, -0.15) is 0 Å². The minimum Gasteiger partial charge on any atom is -0.313 e. The van der Waals surface area contributed by atoms with Gasteiger partial charge in [0.15, 0.2) is 0 Å². The lowest BCUT2D eigenvalue weighted by atomic mass is 9.84. The molecule has 0 aromatic carbocycles. The first kappa shape index (κ1) is 7.56. The highest BCUT2D eigenvalue weighted by atomic mass is 15.2. The molecule has 64 valence electrons. The summed E-state index contributed by atoms with van der Waals surface area (Å²) in [6, 6.07) is 0.808. The van der Waals surface area contributed by atoms with Crippen molar-refractivity contribution in [3.8, 4) is 0 Å². The molecule has 3 fully saturated rings. The summed E-state index contributed by atoms with van der Waals surface area (Å²) in [5.41, 5.74) is 0. The minimum absolute atomic E-state index is 0.808. The normalized spacial score (nSPS) is 42.8. The molecule has 3 heterocycles. The molecule has 2 heteroatoms. The summed E-state index contributed by atoms with van der Waals surface area (Å²) in [4.78, 5) is 2.59. The monoisotopic (exact) mass is 154 g/mol. The van der Waals surface area contributed by atoms with E-state index in [1.807, 2.05) is 0 Å². The van der Waals surface area contributed by atoms with Gasteiger partial charge in [-0.25, -0.2) is 0 Å². The van der Waals surface area contributed by atoms with E-state index in [2.05, 4.69) is 17.1 Å². The molecule has 0 radical (unpaired) electrons. The predicted molar refractivity (Wildman–Crippen MR) is 46.6 cm³/mol. The van der Waals surface area contributed by atoms with E-state index in [9.17, 15) is 0 Å². The molecule has 0 saturated carbocycles. The molecular weight excluding hydrogens is 136 g/mol. The topological polar surface area (TPSA) is 15.3 Å². The van der Waals surface area contributed by atoms with Crippen LogP contribution in [0.25, 0.3) is 0 Å². The molecule has 2 nitrogen and oxygen atoms in total. The largest absolute Gasteiger partial charge is 0.313 e. The van der Waals surface area contributed by atoms with Gasteiger partial charge in [0.1, 0.15) is 0 Å². The van der Waals surface area contributed by atoms with Crippen LogP contribution >= 0.6 is 0 Å². The first-order valence-electron chi connectivity index (χ1n) is 4.86. The smallest absolute Gasteiger partial charge is 0.0224 e. The third-order valence-electron chi connectivity index (χ3n) is 3.12. The molecule has 3 rings (SSSR count). The number of likely N-dealkylation sites (N-methyl/N-ethyl adjacent to an activating group) is 1. The molecule has 0 aromatic heterocycles. The zero-order chi connectivity index (χ0) is 7.68. The summed E-state index contributed by atoms with van der Waals surface area (Å²) in [5.74, 6) is 0.986. The summed E-state index contributed by atoms with van der Waals surface area (Å²) in [7, 11) is 0. The van der Waals surface area contributed by atoms with Crippen LogP contribution in [0.1, 0.15) is 19.8 Å². The second-order valence-electron chi connectivity index (χ2n) is 3.80. The third-order valence-corrected chi connectivity index (χ3v) is 3.12. The second kappa shape index (κ2) is 3.11. The van der Waals surface area contributed by atoms with Crippen molar-refractivity contribution in [3.63, 3.8) is 0 Å². The lowest BCUT2D eigenvalue weighted by Gasteiger charge is -2.45. The quantitative estimate of drug-likeness (QED) is 0.629. The summed E-state index contributed by atoms with van der Waals surface area (Å²) < 4.78 is 0. The van der Waals surface area contributed by atoms with Crippen molar-refractivity contribution in [2.75, 3.05) is 26.2 Å². The molecule has 11 heavy (non-hydrogen) atoms. The van der Waals surface area contributed by atoms with Gasteiger partial charge in [0.05, 0.1) is 0 Å². The zero-order valence-corrected chi connectivity index (χ0v) is 7.34. The fourth-order valence-electron chi connectivity index (χ4n) is 2.46. The Morgan fingerprint density at radius 2 is 2.09 bits per heavy atom. The lowest BCUT2D eigenvalue weighted by Crippen LogP contribution is -2.55. The van der Waals surface area contributed by atoms with Crippen molar-refractivity contribution in [2.24, 2.45) is 5.92 Å². The van der Waals surface area contributed by atoms with Crippen molar-refractivity contribution in [1.29, 1.82) is 0 Å². The Morgan fingerprint density at radius 1 is 1.36 bits per heavy atom. The summed E-state index contributed by atoms with van der Waals surface area (Å²) in [5, 5.41) is 3.57. The fraction of sp³-hybridized carbons (Fsp3) is 1.00. The SMILES string of the molecule is CCN[C@@H]1CN2CCC1CC2. The van der Waals surface area contributed by atoms with Crippen LogP contribution < -0.4 is 5.32 Å². The standard InChI is InChI=1S/C9H18N2/c1-2-10-9-7-11-5-3-8(9)4-6-11/h8-10H,2-7H2,1H3/t9-/m1/s1. The van der Waals surface area contributed by atoms with Gasteiger partial charge in [-0.1, -0.05) is 6.92 Å². The number of rotatable bonds is 2. The Balaban J connectivity index is 1.92. The molecule has 0 amide bonds. The average molecular weight is 154 g/mol.